The van der Waals surface area contributed by atoms with Gasteiger partial charge in [0, 0.05) is 51.3 Å². The molecule has 8 heteroatoms. The van der Waals surface area contributed by atoms with Crippen LogP contribution in [0.25, 0.3) is 10.9 Å². The van der Waals surface area contributed by atoms with Gasteiger partial charge >= 0.3 is 0 Å². The summed E-state index contributed by atoms with van der Waals surface area (Å²) < 4.78 is 5.01. The summed E-state index contributed by atoms with van der Waals surface area (Å²) >= 11 is 0. The van der Waals surface area contributed by atoms with Crippen molar-refractivity contribution in [3.63, 3.8) is 0 Å². The first-order valence-corrected chi connectivity index (χ1v) is 8.92. The van der Waals surface area contributed by atoms with Crippen molar-refractivity contribution in [3.8, 4) is 0 Å². The van der Waals surface area contributed by atoms with E-state index < -0.39 is 0 Å². The third-order valence-electron chi connectivity index (χ3n) is 4.93. The van der Waals surface area contributed by atoms with E-state index in [0.717, 1.165) is 35.5 Å². The first-order valence-electron chi connectivity index (χ1n) is 8.92. The maximum Gasteiger partial charge on any atom is 0.259 e. The zero-order chi connectivity index (χ0) is 19.0. The van der Waals surface area contributed by atoms with Gasteiger partial charge in [-0.15, -0.1) is 0 Å². The molecule has 3 heterocycles. The second kappa shape index (κ2) is 6.86. The highest BCUT2D eigenvalue weighted by molar-refractivity contribution is 5.95. The molecule has 0 N–H and O–H groups in total. The lowest BCUT2D eigenvalue weighted by Crippen LogP contribution is -2.48. The highest BCUT2D eigenvalue weighted by Gasteiger charge is 2.25. The molecule has 0 spiro atoms. The molecule has 1 amide bonds. The maximum absolute atomic E-state index is 12.6. The fourth-order valence-corrected chi connectivity index (χ4v) is 3.43. The third kappa shape index (κ3) is 3.18. The third-order valence-corrected chi connectivity index (χ3v) is 4.93. The number of piperazine rings is 1. The maximum atomic E-state index is 12.6. The average molecular weight is 366 g/mol. The van der Waals surface area contributed by atoms with Gasteiger partial charge in [0.1, 0.15) is 23.5 Å². The molecule has 2 aromatic heterocycles. The summed E-state index contributed by atoms with van der Waals surface area (Å²) in [6.07, 6.45) is 3.09. The molecule has 140 valence electrons. The molecule has 1 aromatic carbocycles. The Bertz CT molecular complexity index is 975. The van der Waals surface area contributed by atoms with Crippen molar-refractivity contribution in [2.75, 3.05) is 50.1 Å². The zero-order valence-electron chi connectivity index (χ0n) is 15.7. The number of hydrogen-bond acceptors (Lipinski definition) is 7. The Morgan fingerprint density at radius 1 is 1.15 bits per heavy atom. The number of hydrogen-bond donors (Lipinski definition) is 0. The van der Waals surface area contributed by atoms with Gasteiger partial charge in [0.05, 0.1) is 11.7 Å². The summed E-state index contributed by atoms with van der Waals surface area (Å²) in [6, 6.07) is 6.24. The van der Waals surface area contributed by atoms with Crippen molar-refractivity contribution in [1.29, 1.82) is 0 Å². The minimum Gasteiger partial charge on any atom is -0.368 e. The van der Waals surface area contributed by atoms with Crippen molar-refractivity contribution in [2.24, 2.45) is 0 Å². The van der Waals surface area contributed by atoms with E-state index in [4.69, 9.17) is 4.52 Å². The van der Waals surface area contributed by atoms with Crippen molar-refractivity contribution in [2.45, 2.75) is 6.92 Å². The van der Waals surface area contributed by atoms with Crippen molar-refractivity contribution >= 4 is 28.3 Å². The van der Waals surface area contributed by atoms with Crippen LogP contribution < -0.4 is 9.80 Å². The van der Waals surface area contributed by atoms with Crippen LogP contribution in [0.4, 0.5) is 11.5 Å². The van der Waals surface area contributed by atoms with E-state index in [9.17, 15) is 4.79 Å². The summed E-state index contributed by atoms with van der Waals surface area (Å²) in [6.45, 7) is 4.62. The van der Waals surface area contributed by atoms with Gasteiger partial charge in [0.15, 0.2) is 0 Å². The lowest BCUT2D eigenvalue weighted by atomic mass is 10.1. The Labute approximate surface area is 157 Å². The molecule has 8 nitrogen and oxygen atoms in total. The minimum atomic E-state index is -0.0183. The fraction of sp³-hybridized carbons (Fsp3) is 0.368. The van der Waals surface area contributed by atoms with E-state index in [1.807, 2.05) is 30.0 Å². The molecule has 0 bridgehead atoms. The minimum absolute atomic E-state index is 0.0183. The van der Waals surface area contributed by atoms with Gasteiger partial charge in [0.2, 0.25) is 0 Å². The van der Waals surface area contributed by atoms with Gasteiger partial charge in [-0.2, -0.15) is 0 Å². The van der Waals surface area contributed by atoms with Crippen LogP contribution in [0.2, 0.25) is 0 Å². The Morgan fingerprint density at radius 3 is 2.59 bits per heavy atom. The van der Waals surface area contributed by atoms with Crippen LogP contribution in [-0.4, -0.2) is 66.2 Å². The number of carbonyl (C=O) groups is 1. The number of rotatable bonds is 3. The summed E-state index contributed by atoms with van der Waals surface area (Å²) in [7, 11) is 3.96. The van der Waals surface area contributed by atoms with Gasteiger partial charge in [-0.05, 0) is 25.1 Å². The molecule has 3 aromatic rings. The fourth-order valence-electron chi connectivity index (χ4n) is 3.43. The quantitative estimate of drug-likeness (QED) is 0.701. The van der Waals surface area contributed by atoms with Crippen LogP contribution in [0.5, 0.6) is 0 Å². The standard InChI is InChI=1S/C19H22N6O2/c1-13-16(11-22-27-13)19(26)25-8-6-24(7-9-25)14-4-5-17-15(10-14)18(23(2)3)21-12-20-17/h4-5,10-12H,6-9H2,1-3H3. The Hall–Kier alpha value is -3.16. The average Bonchev–Trinajstić information content (AvgIpc) is 3.12. The van der Waals surface area contributed by atoms with Gasteiger partial charge in [-0.3, -0.25) is 4.79 Å². The van der Waals surface area contributed by atoms with Crippen molar-refractivity contribution in [3.05, 3.63) is 42.0 Å². The zero-order valence-corrected chi connectivity index (χ0v) is 15.7. The van der Waals surface area contributed by atoms with E-state index in [1.54, 1.807) is 13.3 Å². The van der Waals surface area contributed by atoms with Crippen LogP contribution >= 0.6 is 0 Å². The number of aryl methyl sites for hydroxylation is 1. The second-order valence-corrected chi connectivity index (χ2v) is 6.87. The smallest absolute Gasteiger partial charge is 0.259 e. The Morgan fingerprint density at radius 2 is 1.93 bits per heavy atom. The Kier molecular flexibility index (Phi) is 4.39. The predicted octanol–water partition coefficient (Wildman–Crippen LogP) is 1.95. The number of fused-ring (bicyclic) bond motifs is 1. The molecular weight excluding hydrogens is 344 g/mol. The number of amides is 1. The SMILES string of the molecule is Cc1oncc1C(=O)N1CCN(c2ccc3ncnc(N(C)C)c3c2)CC1. The van der Waals surface area contributed by atoms with Gasteiger partial charge < -0.3 is 19.2 Å². The van der Waals surface area contributed by atoms with E-state index >= 15 is 0 Å². The highest BCUT2D eigenvalue weighted by atomic mass is 16.5. The molecule has 0 radical (unpaired) electrons. The summed E-state index contributed by atoms with van der Waals surface area (Å²) in [5.41, 5.74) is 2.59. The first-order chi connectivity index (χ1) is 13.0. The molecule has 4 rings (SSSR count). The first kappa shape index (κ1) is 17.3. The Balaban J connectivity index is 1.52. The topological polar surface area (TPSA) is 78.6 Å². The largest absolute Gasteiger partial charge is 0.368 e. The molecule has 1 fully saturated rings. The van der Waals surface area contributed by atoms with Crippen LogP contribution in [0.3, 0.4) is 0 Å². The number of benzene rings is 1. The molecular formula is C19H22N6O2. The molecule has 0 aliphatic carbocycles. The second-order valence-electron chi connectivity index (χ2n) is 6.87. The number of aromatic nitrogens is 3. The number of anilines is 2. The summed E-state index contributed by atoms with van der Waals surface area (Å²) in [5, 5.41) is 4.73. The van der Waals surface area contributed by atoms with Gasteiger partial charge in [-0.1, -0.05) is 5.16 Å². The van der Waals surface area contributed by atoms with Crippen LogP contribution in [0.1, 0.15) is 16.1 Å². The lowest BCUT2D eigenvalue weighted by Gasteiger charge is -2.36. The van der Waals surface area contributed by atoms with E-state index in [1.165, 1.54) is 6.20 Å². The molecule has 1 aliphatic heterocycles. The molecule has 1 saturated heterocycles. The van der Waals surface area contributed by atoms with E-state index in [-0.39, 0.29) is 5.91 Å². The number of carbonyl (C=O) groups excluding carboxylic acids is 1. The van der Waals surface area contributed by atoms with Gasteiger partial charge in [-0.25, -0.2) is 9.97 Å². The lowest BCUT2D eigenvalue weighted by molar-refractivity contribution is 0.0745. The molecule has 0 unspecified atom stereocenters. The summed E-state index contributed by atoms with van der Waals surface area (Å²) in [4.78, 5) is 27.5. The van der Waals surface area contributed by atoms with E-state index in [0.29, 0.717) is 24.4 Å². The molecule has 27 heavy (non-hydrogen) atoms. The van der Waals surface area contributed by atoms with Crippen molar-refractivity contribution in [1.82, 2.24) is 20.0 Å². The molecule has 0 atom stereocenters. The van der Waals surface area contributed by atoms with Crippen molar-refractivity contribution < 1.29 is 9.32 Å². The predicted molar refractivity (Wildman–Crippen MR) is 103 cm³/mol. The van der Waals surface area contributed by atoms with Crippen LogP contribution in [-0.2, 0) is 0 Å². The highest BCUT2D eigenvalue weighted by Crippen LogP contribution is 2.27. The van der Waals surface area contributed by atoms with Crippen LogP contribution in [0.15, 0.2) is 35.2 Å². The van der Waals surface area contributed by atoms with Gasteiger partial charge in [0.25, 0.3) is 5.91 Å². The van der Waals surface area contributed by atoms with Crippen LogP contribution in [0, 0.1) is 6.92 Å². The van der Waals surface area contributed by atoms with E-state index in [2.05, 4.69) is 32.2 Å². The molecule has 0 saturated carbocycles. The summed E-state index contributed by atoms with van der Waals surface area (Å²) in [5.74, 6) is 1.45. The number of nitrogens with zero attached hydrogens (tertiary/aromatic N) is 6. The monoisotopic (exact) mass is 366 g/mol. The normalized spacial score (nSPS) is 14.6. The molecule has 1 aliphatic rings.